The first kappa shape index (κ1) is 8.63. The molecule has 1 aliphatic carbocycles. The van der Waals surface area contributed by atoms with Gasteiger partial charge in [0.15, 0.2) is 0 Å². The van der Waals surface area contributed by atoms with Gasteiger partial charge in [-0.2, -0.15) is 0 Å². The Morgan fingerprint density at radius 3 is 2.85 bits per heavy atom. The maximum absolute atomic E-state index is 13.2. The fraction of sp³-hybridized carbons (Fsp3) is 0.400. The number of halogens is 2. The predicted octanol–water partition coefficient (Wildman–Crippen LogP) is 1.81. The first-order valence-corrected chi connectivity index (χ1v) is 4.31. The van der Waals surface area contributed by atoms with E-state index in [-0.39, 0.29) is 0 Å². The molecule has 3 heteroatoms. The van der Waals surface area contributed by atoms with Gasteiger partial charge >= 0.3 is 0 Å². The van der Waals surface area contributed by atoms with Crippen LogP contribution in [-0.4, -0.2) is 11.2 Å². The van der Waals surface area contributed by atoms with E-state index >= 15 is 0 Å². The molecule has 0 fully saturated rings. The molecule has 0 saturated carbocycles. The third-order valence-corrected chi connectivity index (χ3v) is 2.44. The second-order valence-corrected chi connectivity index (χ2v) is 3.42. The van der Waals surface area contributed by atoms with Gasteiger partial charge in [0.25, 0.3) is 0 Å². The lowest BCUT2D eigenvalue weighted by molar-refractivity contribution is 0.157. The third-order valence-electron chi connectivity index (χ3n) is 2.44. The van der Waals surface area contributed by atoms with E-state index in [1.807, 2.05) is 0 Å². The van der Waals surface area contributed by atoms with E-state index in [0.717, 1.165) is 6.07 Å². The van der Waals surface area contributed by atoms with Crippen LogP contribution in [0.2, 0.25) is 0 Å². The predicted molar refractivity (Wildman–Crippen MR) is 44.4 cm³/mol. The maximum Gasteiger partial charge on any atom is 0.129 e. The Kier molecular flexibility index (Phi) is 2.04. The fourth-order valence-corrected chi connectivity index (χ4v) is 1.77. The van der Waals surface area contributed by atoms with Crippen molar-refractivity contribution in [2.24, 2.45) is 0 Å². The fourth-order valence-electron chi connectivity index (χ4n) is 1.77. The molecule has 0 bridgehead atoms. The molecular weight excluding hydrogens is 174 g/mol. The Labute approximate surface area is 75.0 Å². The van der Waals surface area contributed by atoms with Gasteiger partial charge in [-0.3, -0.25) is 0 Å². The van der Waals surface area contributed by atoms with Crippen molar-refractivity contribution in [1.82, 2.24) is 0 Å². The minimum atomic E-state index is -0.535. The highest BCUT2D eigenvalue weighted by molar-refractivity contribution is 5.32. The number of aliphatic hydroxyl groups is 1. The summed E-state index contributed by atoms with van der Waals surface area (Å²) in [4.78, 5) is 0. The van der Waals surface area contributed by atoms with Crippen LogP contribution in [0.25, 0.3) is 0 Å². The zero-order chi connectivity index (χ0) is 9.42. The molecule has 1 aliphatic rings. The summed E-state index contributed by atoms with van der Waals surface area (Å²) in [6.07, 6.45) is 0.982. The average molecular weight is 184 g/mol. The van der Waals surface area contributed by atoms with Crippen molar-refractivity contribution in [2.75, 3.05) is 0 Å². The molecule has 2 rings (SSSR count). The highest BCUT2D eigenvalue weighted by Gasteiger charge is 2.20. The SMILES string of the molecule is O[C@H]1CCc2cc(F)cc(F)c2C1. The number of aryl methyl sites for hydroxylation is 1. The molecule has 0 unspecified atom stereocenters. The van der Waals surface area contributed by atoms with Crippen LogP contribution in [-0.2, 0) is 12.8 Å². The topological polar surface area (TPSA) is 20.2 Å². The molecule has 0 heterocycles. The Balaban J connectivity index is 2.47. The molecule has 0 amide bonds. The normalized spacial score (nSPS) is 21.3. The molecule has 1 aromatic rings. The number of rotatable bonds is 0. The maximum atomic E-state index is 13.2. The average Bonchev–Trinajstić information content (AvgIpc) is 2.06. The zero-order valence-electron chi connectivity index (χ0n) is 7.06. The van der Waals surface area contributed by atoms with Crippen molar-refractivity contribution in [1.29, 1.82) is 0 Å². The second-order valence-electron chi connectivity index (χ2n) is 3.42. The largest absolute Gasteiger partial charge is 0.393 e. The lowest BCUT2D eigenvalue weighted by atomic mass is 9.89. The molecule has 1 N–H and O–H groups in total. The van der Waals surface area contributed by atoms with Crippen molar-refractivity contribution in [3.63, 3.8) is 0 Å². The van der Waals surface area contributed by atoms with Crippen molar-refractivity contribution in [3.8, 4) is 0 Å². The molecule has 70 valence electrons. The van der Waals surface area contributed by atoms with Crippen LogP contribution in [0.1, 0.15) is 17.5 Å². The summed E-state index contributed by atoms with van der Waals surface area (Å²) < 4.78 is 25.9. The Morgan fingerprint density at radius 2 is 2.08 bits per heavy atom. The molecular formula is C10H10F2O. The van der Waals surface area contributed by atoms with E-state index in [1.54, 1.807) is 0 Å². The minimum absolute atomic E-state index is 0.307. The molecule has 0 aliphatic heterocycles. The van der Waals surface area contributed by atoms with Gasteiger partial charge in [-0.15, -0.1) is 0 Å². The van der Waals surface area contributed by atoms with Gasteiger partial charge in [0.2, 0.25) is 0 Å². The zero-order valence-corrected chi connectivity index (χ0v) is 7.06. The molecule has 13 heavy (non-hydrogen) atoms. The Bertz CT molecular complexity index is 336. The van der Waals surface area contributed by atoms with E-state index in [0.29, 0.717) is 30.4 Å². The van der Waals surface area contributed by atoms with E-state index in [2.05, 4.69) is 0 Å². The highest BCUT2D eigenvalue weighted by atomic mass is 19.1. The summed E-state index contributed by atoms with van der Waals surface area (Å²) in [6, 6.07) is 2.22. The number of aliphatic hydroxyl groups excluding tert-OH is 1. The summed E-state index contributed by atoms with van der Waals surface area (Å²) in [5, 5.41) is 9.29. The van der Waals surface area contributed by atoms with Gasteiger partial charge in [-0.05, 0) is 30.0 Å². The van der Waals surface area contributed by atoms with Crippen LogP contribution in [0.3, 0.4) is 0 Å². The van der Waals surface area contributed by atoms with Crippen molar-refractivity contribution >= 4 is 0 Å². The van der Waals surface area contributed by atoms with E-state index in [9.17, 15) is 13.9 Å². The first-order valence-electron chi connectivity index (χ1n) is 4.31. The van der Waals surface area contributed by atoms with Crippen LogP contribution in [0.15, 0.2) is 12.1 Å². The summed E-state index contributed by atoms with van der Waals surface area (Å²) in [7, 11) is 0. The van der Waals surface area contributed by atoms with E-state index in [1.165, 1.54) is 6.07 Å². The van der Waals surface area contributed by atoms with E-state index in [4.69, 9.17) is 0 Å². The first-order chi connectivity index (χ1) is 6.16. The minimum Gasteiger partial charge on any atom is -0.393 e. The number of benzene rings is 1. The Hall–Kier alpha value is -0.960. The van der Waals surface area contributed by atoms with Crippen LogP contribution in [0, 0.1) is 11.6 Å². The number of fused-ring (bicyclic) bond motifs is 1. The van der Waals surface area contributed by atoms with Crippen molar-refractivity contribution < 1.29 is 13.9 Å². The van der Waals surface area contributed by atoms with Crippen LogP contribution < -0.4 is 0 Å². The second kappa shape index (κ2) is 3.07. The summed E-state index contributed by atoms with van der Waals surface area (Å²) in [5.41, 5.74) is 1.17. The Morgan fingerprint density at radius 1 is 1.31 bits per heavy atom. The van der Waals surface area contributed by atoms with Crippen LogP contribution >= 0.6 is 0 Å². The third kappa shape index (κ3) is 1.56. The van der Waals surface area contributed by atoms with Gasteiger partial charge in [0.1, 0.15) is 11.6 Å². The quantitative estimate of drug-likeness (QED) is 0.652. The molecule has 1 nitrogen and oxygen atoms in total. The van der Waals surface area contributed by atoms with Crippen molar-refractivity contribution in [3.05, 3.63) is 34.9 Å². The van der Waals surface area contributed by atoms with Crippen LogP contribution in [0.5, 0.6) is 0 Å². The van der Waals surface area contributed by atoms with Crippen LogP contribution in [0.4, 0.5) is 8.78 Å². The summed E-state index contributed by atoms with van der Waals surface area (Å²) in [6.45, 7) is 0. The van der Waals surface area contributed by atoms with Gasteiger partial charge in [0.05, 0.1) is 6.10 Å². The highest BCUT2D eigenvalue weighted by Crippen LogP contribution is 2.24. The molecule has 1 aromatic carbocycles. The standard InChI is InChI=1S/C10H10F2O/c11-7-3-6-1-2-8(13)5-9(6)10(12)4-7/h3-4,8,13H,1-2,5H2/t8-/m0/s1. The smallest absolute Gasteiger partial charge is 0.129 e. The van der Waals surface area contributed by atoms with E-state index < -0.39 is 17.7 Å². The van der Waals surface area contributed by atoms with Gasteiger partial charge < -0.3 is 5.11 Å². The number of hydrogen-bond acceptors (Lipinski definition) is 1. The molecule has 0 aromatic heterocycles. The lowest BCUT2D eigenvalue weighted by Gasteiger charge is -2.20. The van der Waals surface area contributed by atoms with Gasteiger partial charge in [0, 0.05) is 12.5 Å². The van der Waals surface area contributed by atoms with Gasteiger partial charge in [-0.1, -0.05) is 0 Å². The molecule has 0 spiro atoms. The number of hydrogen-bond donors (Lipinski definition) is 1. The molecule has 0 radical (unpaired) electrons. The van der Waals surface area contributed by atoms with Gasteiger partial charge in [-0.25, -0.2) is 8.78 Å². The molecule has 0 saturated heterocycles. The lowest BCUT2D eigenvalue weighted by Crippen LogP contribution is -2.20. The monoisotopic (exact) mass is 184 g/mol. The van der Waals surface area contributed by atoms with Crippen molar-refractivity contribution in [2.45, 2.75) is 25.4 Å². The summed E-state index contributed by atoms with van der Waals surface area (Å²) in [5.74, 6) is -1.07. The molecule has 1 atom stereocenters. The summed E-state index contributed by atoms with van der Waals surface area (Å²) >= 11 is 0.